The number of nitrogens with one attached hydrogen (secondary N) is 2. The first-order valence-corrected chi connectivity index (χ1v) is 5.26. The van der Waals surface area contributed by atoms with Gasteiger partial charge in [0.15, 0.2) is 0 Å². The lowest BCUT2D eigenvalue weighted by Gasteiger charge is -2.10. The molecule has 0 aliphatic rings. The zero-order valence-electron chi connectivity index (χ0n) is 10.2. The lowest BCUT2D eigenvalue weighted by Crippen LogP contribution is -2.26. The summed E-state index contributed by atoms with van der Waals surface area (Å²) < 4.78 is 26.8. The molecule has 2 N–H and O–H groups in total. The molecule has 0 spiro atoms. The molecule has 1 amide bonds. The van der Waals surface area contributed by atoms with Crippen molar-refractivity contribution in [2.24, 2.45) is 0 Å². The van der Waals surface area contributed by atoms with Gasteiger partial charge in [0, 0.05) is 13.2 Å². The van der Waals surface area contributed by atoms with Crippen LogP contribution in [0.2, 0.25) is 0 Å². The van der Waals surface area contributed by atoms with Crippen molar-refractivity contribution in [1.29, 1.82) is 0 Å². The number of allylic oxidation sites excluding steroid dienone is 1. The monoisotopic (exact) mass is 252 g/mol. The second-order valence-corrected chi connectivity index (χ2v) is 3.68. The van der Waals surface area contributed by atoms with Gasteiger partial charge in [0.25, 0.3) is 5.91 Å². The lowest BCUT2D eigenvalue weighted by atomic mass is 10.1. The van der Waals surface area contributed by atoms with Gasteiger partial charge >= 0.3 is 0 Å². The van der Waals surface area contributed by atoms with Gasteiger partial charge in [0.1, 0.15) is 17.2 Å². The predicted octanol–water partition coefficient (Wildman–Crippen LogP) is 2.33. The zero-order valence-corrected chi connectivity index (χ0v) is 10.2. The molecular formula is C13H14F2N2O. The number of benzene rings is 1. The first kappa shape index (κ1) is 13.9. The Morgan fingerprint density at radius 2 is 1.89 bits per heavy atom. The van der Waals surface area contributed by atoms with E-state index in [-0.39, 0.29) is 0 Å². The normalized spacial score (nSPS) is 11.0. The van der Waals surface area contributed by atoms with Crippen LogP contribution in [0, 0.1) is 11.6 Å². The van der Waals surface area contributed by atoms with Gasteiger partial charge in [0.05, 0.1) is 5.70 Å². The number of hydrogen-bond donors (Lipinski definition) is 2. The Labute approximate surface area is 104 Å². The average Bonchev–Trinajstić information content (AvgIpc) is 2.28. The molecule has 1 rings (SSSR count). The van der Waals surface area contributed by atoms with Gasteiger partial charge < -0.3 is 10.6 Å². The minimum Gasteiger partial charge on any atom is -0.392 e. The molecule has 0 aromatic heterocycles. The van der Waals surface area contributed by atoms with Crippen molar-refractivity contribution < 1.29 is 13.6 Å². The summed E-state index contributed by atoms with van der Waals surface area (Å²) in [5, 5.41) is 5.11. The van der Waals surface area contributed by atoms with Gasteiger partial charge in [-0.1, -0.05) is 12.6 Å². The van der Waals surface area contributed by atoms with Gasteiger partial charge in [-0.15, -0.1) is 0 Å². The molecule has 0 fully saturated rings. The maximum absolute atomic E-state index is 13.4. The Morgan fingerprint density at radius 3 is 2.33 bits per heavy atom. The highest BCUT2D eigenvalue weighted by Gasteiger charge is 2.17. The van der Waals surface area contributed by atoms with Crippen LogP contribution in [0.15, 0.2) is 42.2 Å². The Balaban J connectivity index is 3.02. The van der Waals surface area contributed by atoms with Crippen molar-refractivity contribution in [2.45, 2.75) is 6.92 Å². The van der Waals surface area contributed by atoms with Crippen LogP contribution >= 0.6 is 0 Å². The summed E-state index contributed by atoms with van der Waals surface area (Å²) in [7, 11) is 1.64. The van der Waals surface area contributed by atoms with Crippen LogP contribution in [0.25, 0.3) is 0 Å². The second-order valence-electron chi connectivity index (χ2n) is 3.68. The topological polar surface area (TPSA) is 41.1 Å². The van der Waals surface area contributed by atoms with E-state index in [0.717, 1.165) is 12.1 Å². The van der Waals surface area contributed by atoms with Crippen molar-refractivity contribution in [2.75, 3.05) is 7.05 Å². The highest BCUT2D eigenvalue weighted by molar-refractivity contribution is 5.96. The quantitative estimate of drug-likeness (QED) is 0.807. The lowest BCUT2D eigenvalue weighted by molar-refractivity contribution is 0.0958. The standard InChI is InChI=1S/C13H14F2N2O/c1-8(2)11(7-16-3)17-13(18)12-9(14)5-4-6-10(12)15/h4-7,16H,1H2,2-3H3,(H,17,18)/b11-7+. The van der Waals surface area contributed by atoms with Crippen molar-refractivity contribution in [3.63, 3.8) is 0 Å². The molecule has 0 unspecified atom stereocenters. The fraction of sp³-hybridized carbons (Fsp3) is 0.154. The van der Waals surface area contributed by atoms with E-state index in [2.05, 4.69) is 17.2 Å². The third-order valence-corrected chi connectivity index (χ3v) is 2.19. The molecule has 18 heavy (non-hydrogen) atoms. The third-order valence-electron chi connectivity index (χ3n) is 2.19. The Hall–Kier alpha value is -2.17. The van der Waals surface area contributed by atoms with Gasteiger partial charge in [-0.2, -0.15) is 0 Å². The maximum atomic E-state index is 13.4. The molecule has 0 heterocycles. The molecule has 96 valence electrons. The molecule has 1 aromatic carbocycles. The van der Waals surface area contributed by atoms with Crippen molar-refractivity contribution in [3.05, 3.63) is 59.4 Å². The van der Waals surface area contributed by atoms with Gasteiger partial charge in [0.2, 0.25) is 0 Å². The summed E-state index contributed by atoms with van der Waals surface area (Å²) in [5.74, 6) is -2.66. The third kappa shape index (κ3) is 3.16. The highest BCUT2D eigenvalue weighted by atomic mass is 19.1. The molecule has 0 saturated heterocycles. The number of amides is 1. The average molecular weight is 252 g/mol. The van der Waals surface area contributed by atoms with Crippen molar-refractivity contribution in [1.82, 2.24) is 10.6 Å². The fourth-order valence-corrected chi connectivity index (χ4v) is 1.31. The molecule has 0 radical (unpaired) electrons. The van der Waals surface area contributed by atoms with Gasteiger partial charge in [-0.25, -0.2) is 8.78 Å². The predicted molar refractivity (Wildman–Crippen MR) is 65.8 cm³/mol. The molecule has 3 nitrogen and oxygen atoms in total. The van der Waals surface area contributed by atoms with E-state index in [1.807, 2.05) is 0 Å². The largest absolute Gasteiger partial charge is 0.392 e. The molecule has 0 bridgehead atoms. The summed E-state index contributed by atoms with van der Waals surface area (Å²) in [4.78, 5) is 11.8. The van der Waals surface area contributed by atoms with Gasteiger partial charge in [-0.05, 0) is 24.6 Å². The number of carbonyl (C=O) groups excluding carboxylic acids is 1. The zero-order chi connectivity index (χ0) is 13.7. The SMILES string of the molecule is C=C(C)/C(=C\NC)NC(=O)c1c(F)cccc1F. The van der Waals surface area contributed by atoms with Crippen LogP contribution in [0.1, 0.15) is 17.3 Å². The summed E-state index contributed by atoms with van der Waals surface area (Å²) in [5.41, 5.74) is 0.320. The van der Waals surface area contributed by atoms with E-state index in [0.29, 0.717) is 11.3 Å². The number of halogens is 2. The minimum absolute atomic E-state index is 0.366. The first-order chi connectivity index (χ1) is 8.47. The fourth-order valence-electron chi connectivity index (χ4n) is 1.31. The molecule has 1 aromatic rings. The van der Waals surface area contributed by atoms with Crippen LogP contribution in [0.4, 0.5) is 8.78 Å². The Kier molecular flexibility index (Phi) is 4.59. The van der Waals surface area contributed by atoms with Crippen molar-refractivity contribution >= 4 is 5.91 Å². The summed E-state index contributed by atoms with van der Waals surface area (Å²) in [6, 6.07) is 3.25. The van der Waals surface area contributed by atoms with Crippen LogP contribution in [-0.2, 0) is 0 Å². The van der Waals surface area contributed by atoms with E-state index in [1.165, 1.54) is 12.3 Å². The molecule has 0 aliphatic heterocycles. The minimum atomic E-state index is -0.905. The second kappa shape index (κ2) is 5.95. The Morgan fingerprint density at radius 1 is 1.33 bits per heavy atom. The highest BCUT2D eigenvalue weighted by Crippen LogP contribution is 2.13. The molecular weight excluding hydrogens is 238 g/mol. The van der Waals surface area contributed by atoms with Gasteiger partial charge in [-0.3, -0.25) is 4.79 Å². The van der Waals surface area contributed by atoms with E-state index < -0.39 is 23.1 Å². The van der Waals surface area contributed by atoms with Crippen LogP contribution < -0.4 is 10.6 Å². The van der Waals surface area contributed by atoms with Crippen LogP contribution in [0.3, 0.4) is 0 Å². The summed E-state index contributed by atoms with van der Waals surface area (Å²) in [6.07, 6.45) is 1.49. The number of hydrogen-bond acceptors (Lipinski definition) is 2. The summed E-state index contributed by atoms with van der Waals surface area (Å²) in [6.45, 7) is 5.32. The number of rotatable bonds is 4. The van der Waals surface area contributed by atoms with Crippen LogP contribution in [0.5, 0.6) is 0 Å². The van der Waals surface area contributed by atoms with E-state index in [1.54, 1.807) is 14.0 Å². The van der Waals surface area contributed by atoms with E-state index in [9.17, 15) is 13.6 Å². The molecule has 0 aliphatic carbocycles. The molecule has 5 heteroatoms. The molecule has 0 saturated carbocycles. The Bertz CT molecular complexity index is 489. The molecule has 0 atom stereocenters. The van der Waals surface area contributed by atoms with Crippen molar-refractivity contribution in [3.8, 4) is 0 Å². The first-order valence-electron chi connectivity index (χ1n) is 5.26. The maximum Gasteiger partial charge on any atom is 0.261 e. The summed E-state index contributed by atoms with van der Waals surface area (Å²) >= 11 is 0. The smallest absolute Gasteiger partial charge is 0.261 e. The van der Waals surface area contributed by atoms with E-state index >= 15 is 0 Å². The van der Waals surface area contributed by atoms with E-state index in [4.69, 9.17) is 0 Å². The van der Waals surface area contributed by atoms with Crippen LogP contribution in [-0.4, -0.2) is 13.0 Å². The number of carbonyl (C=O) groups is 1.